The molecule has 2 heterocycles. The topological polar surface area (TPSA) is 108 Å². The quantitative estimate of drug-likeness (QED) is 0.357. The molecule has 0 aliphatic heterocycles. The van der Waals surface area contributed by atoms with Gasteiger partial charge in [0.05, 0.1) is 0 Å². The van der Waals surface area contributed by atoms with Crippen molar-refractivity contribution in [3.8, 4) is 11.5 Å². The van der Waals surface area contributed by atoms with Crippen LogP contribution in [0.1, 0.15) is 16.1 Å². The molecule has 8 heteroatoms. The summed E-state index contributed by atoms with van der Waals surface area (Å²) in [6.07, 6.45) is 0.0161. The summed E-state index contributed by atoms with van der Waals surface area (Å²) in [7, 11) is 0. The molecule has 0 radical (unpaired) electrons. The van der Waals surface area contributed by atoms with Gasteiger partial charge in [0.1, 0.15) is 17.4 Å². The van der Waals surface area contributed by atoms with Crippen LogP contribution in [0.3, 0.4) is 0 Å². The molecule has 5 aromatic rings. The molecule has 164 valence electrons. The summed E-state index contributed by atoms with van der Waals surface area (Å²) in [5.41, 5.74) is 3.34. The van der Waals surface area contributed by atoms with Gasteiger partial charge in [0.25, 0.3) is 5.91 Å². The Labute approximate surface area is 186 Å². The number of amides is 1. The normalized spacial score (nSPS) is 12.2. The first kappa shape index (κ1) is 20.4. The number of carboxylic acid groups (broad SMARTS) is 1. The van der Waals surface area contributed by atoms with Crippen LogP contribution in [-0.2, 0) is 11.2 Å². The van der Waals surface area contributed by atoms with Crippen LogP contribution in [0.4, 0.5) is 4.39 Å². The van der Waals surface area contributed by atoms with Crippen molar-refractivity contribution in [3.63, 3.8) is 0 Å². The zero-order valence-electron chi connectivity index (χ0n) is 17.2. The second-order valence-corrected chi connectivity index (χ2v) is 7.66. The minimum Gasteiger partial charge on any atom is -0.480 e. The average Bonchev–Trinajstić information content (AvgIpc) is 3.42. The Kier molecular flexibility index (Phi) is 5.10. The van der Waals surface area contributed by atoms with Gasteiger partial charge in [-0.25, -0.2) is 14.2 Å². The predicted octanol–water partition coefficient (Wildman–Crippen LogP) is 4.54. The highest BCUT2D eigenvalue weighted by atomic mass is 19.1. The number of nitrogens with one attached hydrogen (secondary N) is 2. The number of aliphatic carboxylic acids is 1. The highest BCUT2D eigenvalue weighted by Gasteiger charge is 2.22. The van der Waals surface area contributed by atoms with Gasteiger partial charge in [-0.3, -0.25) is 4.79 Å². The van der Waals surface area contributed by atoms with E-state index in [1.54, 1.807) is 42.5 Å². The first-order chi connectivity index (χ1) is 16.0. The number of benzene rings is 3. The lowest BCUT2D eigenvalue weighted by Crippen LogP contribution is -2.42. The molecule has 1 atom stereocenters. The van der Waals surface area contributed by atoms with Crippen molar-refractivity contribution in [1.29, 1.82) is 0 Å². The largest absolute Gasteiger partial charge is 0.480 e. The summed E-state index contributed by atoms with van der Waals surface area (Å²) in [4.78, 5) is 32.1. The van der Waals surface area contributed by atoms with Crippen LogP contribution in [0.5, 0.6) is 0 Å². The lowest BCUT2D eigenvalue weighted by Gasteiger charge is -2.14. The predicted molar refractivity (Wildman–Crippen MR) is 120 cm³/mol. The highest BCUT2D eigenvalue weighted by Crippen LogP contribution is 2.25. The molecule has 33 heavy (non-hydrogen) atoms. The molecular formula is C25H18FN3O4. The summed E-state index contributed by atoms with van der Waals surface area (Å²) in [6, 6.07) is 18.8. The van der Waals surface area contributed by atoms with E-state index >= 15 is 0 Å². The molecule has 0 saturated heterocycles. The molecule has 5 rings (SSSR count). The zero-order valence-corrected chi connectivity index (χ0v) is 17.2. The van der Waals surface area contributed by atoms with Crippen LogP contribution in [0.15, 0.2) is 77.2 Å². The second kappa shape index (κ2) is 8.23. The Morgan fingerprint density at radius 1 is 1.06 bits per heavy atom. The van der Waals surface area contributed by atoms with Crippen LogP contribution in [0.25, 0.3) is 33.5 Å². The first-order valence-corrected chi connectivity index (χ1v) is 10.2. The summed E-state index contributed by atoms with van der Waals surface area (Å²) in [6.45, 7) is 0. The number of aromatic amines is 1. The van der Waals surface area contributed by atoms with Crippen molar-refractivity contribution in [2.24, 2.45) is 0 Å². The third-order valence-corrected chi connectivity index (χ3v) is 5.33. The Morgan fingerprint density at radius 3 is 2.73 bits per heavy atom. The molecule has 3 aromatic carbocycles. The van der Waals surface area contributed by atoms with E-state index in [0.29, 0.717) is 33.8 Å². The van der Waals surface area contributed by atoms with E-state index in [2.05, 4.69) is 15.3 Å². The Morgan fingerprint density at radius 2 is 1.91 bits per heavy atom. The van der Waals surface area contributed by atoms with Crippen molar-refractivity contribution >= 4 is 33.9 Å². The minimum atomic E-state index is -1.18. The van der Waals surface area contributed by atoms with Crippen LogP contribution in [-0.4, -0.2) is 33.0 Å². The van der Waals surface area contributed by atoms with E-state index in [9.17, 15) is 19.1 Å². The van der Waals surface area contributed by atoms with E-state index in [1.165, 1.54) is 12.1 Å². The SMILES string of the molecule is O=C(N[C@H](Cc1cc2ccc(F)cc2[nH]1)C(=O)O)c1cccc(-c2nc3ccccc3o2)c1. The van der Waals surface area contributed by atoms with E-state index in [-0.39, 0.29) is 12.0 Å². The monoisotopic (exact) mass is 443 g/mol. The van der Waals surface area contributed by atoms with Gasteiger partial charge in [-0.15, -0.1) is 0 Å². The van der Waals surface area contributed by atoms with Crippen molar-refractivity contribution in [2.75, 3.05) is 0 Å². The number of carbonyl (C=O) groups excluding carboxylic acids is 1. The van der Waals surface area contributed by atoms with E-state index < -0.39 is 23.7 Å². The van der Waals surface area contributed by atoms with Gasteiger partial charge in [0.2, 0.25) is 5.89 Å². The fourth-order valence-electron chi connectivity index (χ4n) is 3.72. The van der Waals surface area contributed by atoms with Gasteiger partial charge in [-0.2, -0.15) is 0 Å². The maximum Gasteiger partial charge on any atom is 0.326 e. The van der Waals surface area contributed by atoms with Gasteiger partial charge < -0.3 is 19.8 Å². The summed E-state index contributed by atoms with van der Waals surface area (Å²) >= 11 is 0. The van der Waals surface area contributed by atoms with Crippen molar-refractivity contribution < 1.29 is 23.5 Å². The number of fused-ring (bicyclic) bond motifs is 2. The minimum absolute atomic E-state index is 0.0161. The van der Waals surface area contributed by atoms with Crippen molar-refractivity contribution in [1.82, 2.24) is 15.3 Å². The fourth-order valence-corrected chi connectivity index (χ4v) is 3.72. The number of hydrogen-bond donors (Lipinski definition) is 3. The lowest BCUT2D eigenvalue weighted by molar-refractivity contribution is -0.139. The van der Waals surface area contributed by atoms with Crippen LogP contribution in [0, 0.1) is 5.82 Å². The maximum absolute atomic E-state index is 13.4. The van der Waals surface area contributed by atoms with Crippen molar-refractivity contribution in [3.05, 3.63) is 89.9 Å². The Hall–Kier alpha value is -4.46. The third kappa shape index (κ3) is 4.18. The van der Waals surface area contributed by atoms with Gasteiger partial charge in [0, 0.05) is 28.8 Å². The molecule has 0 aliphatic rings. The molecule has 0 fully saturated rings. The molecule has 0 saturated carbocycles. The third-order valence-electron chi connectivity index (χ3n) is 5.33. The molecule has 1 amide bonds. The average molecular weight is 443 g/mol. The van der Waals surface area contributed by atoms with E-state index in [1.807, 2.05) is 18.2 Å². The fraction of sp³-hybridized carbons (Fsp3) is 0.0800. The number of carboxylic acids is 1. The second-order valence-electron chi connectivity index (χ2n) is 7.66. The molecule has 2 aromatic heterocycles. The van der Waals surface area contributed by atoms with Crippen molar-refractivity contribution in [2.45, 2.75) is 12.5 Å². The zero-order chi connectivity index (χ0) is 22.9. The number of rotatable bonds is 6. The van der Waals surface area contributed by atoms with E-state index in [0.717, 1.165) is 5.39 Å². The molecule has 0 unspecified atom stereocenters. The number of aromatic nitrogens is 2. The standard InChI is InChI=1S/C25H18FN3O4/c26-17-9-8-14-11-18(27-20(14)12-17)13-21(25(31)32)28-23(30)15-4-3-5-16(10-15)24-29-19-6-1-2-7-22(19)33-24/h1-12,21,27H,13H2,(H,28,30)(H,31,32)/t21-/m1/s1. The first-order valence-electron chi connectivity index (χ1n) is 10.2. The highest BCUT2D eigenvalue weighted by molar-refractivity contribution is 5.97. The molecule has 0 aliphatic carbocycles. The summed E-state index contributed by atoms with van der Waals surface area (Å²) < 4.78 is 19.2. The van der Waals surface area contributed by atoms with Gasteiger partial charge in [0.15, 0.2) is 5.58 Å². The number of H-pyrrole nitrogens is 1. The number of nitrogens with zero attached hydrogens (tertiary/aromatic N) is 1. The number of para-hydroxylation sites is 2. The Balaban J connectivity index is 1.36. The van der Waals surface area contributed by atoms with Crippen LogP contribution >= 0.6 is 0 Å². The number of hydrogen-bond acceptors (Lipinski definition) is 4. The molecule has 3 N–H and O–H groups in total. The summed E-state index contributed by atoms with van der Waals surface area (Å²) in [5, 5.41) is 13.0. The lowest BCUT2D eigenvalue weighted by atomic mass is 10.1. The molecule has 0 bridgehead atoms. The van der Waals surface area contributed by atoms with E-state index in [4.69, 9.17) is 4.42 Å². The van der Waals surface area contributed by atoms with Gasteiger partial charge >= 0.3 is 5.97 Å². The number of oxazole rings is 1. The Bertz CT molecular complexity index is 1470. The molecule has 0 spiro atoms. The van der Waals surface area contributed by atoms with Crippen LogP contribution in [0.2, 0.25) is 0 Å². The number of halogens is 1. The van der Waals surface area contributed by atoms with Gasteiger partial charge in [-0.05, 0) is 60.0 Å². The molecular weight excluding hydrogens is 425 g/mol. The maximum atomic E-state index is 13.4. The smallest absolute Gasteiger partial charge is 0.326 e. The summed E-state index contributed by atoms with van der Waals surface area (Å²) in [5.74, 6) is -1.74. The van der Waals surface area contributed by atoms with Gasteiger partial charge in [-0.1, -0.05) is 18.2 Å². The molecule has 7 nitrogen and oxygen atoms in total. The van der Waals surface area contributed by atoms with Crippen LogP contribution < -0.4 is 5.32 Å². The number of carbonyl (C=O) groups is 2.